The molecule has 0 bridgehead atoms. The number of rotatable bonds is 5. The van der Waals surface area contributed by atoms with E-state index < -0.39 is 0 Å². The average Bonchev–Trinajstić information content (AvgIpc) is 2.90. The van der Waals surface area contributed by atoms with E-state index in [-0.39, 0.29) is 0 Å². The normalized spacial score (nSPS) is 17.7. The van der Waals surface area contributed by atoms with Crippen molar-refractivity contribution in [2.75, 3.05) is 14.2 Å². The third-order valence-corrected chi connectivity index (χ3v) is 4.69. The van der Waals surface area contributed by atoms with Crippen molar-refractivity contribution < 1.29 is 9.47 Å². The first-order valence-corrected chi connectivity index (χ1v) is 7.52. The molecule has 0 saturated heterocycles. The standard InChI is InChI=1S/C15H21BrO2/c1-17-14-8-7-12(10-15(14)18-2)13(16)9-11-5-3-4-6-11/h7-8,10-11,13H,3-6,9H2,1-2H3. The minimum absolute atomic E-state index is 0.417. The van der Waals surface area contributed by atoms with Gasteiger partial charge in [-0.15, -0.1) is 0 Å². The van der Waals surface area contributed by atoms with E-state index in [1.165, 1.54) is 37.7 Å². The molecule has 0 radical (unpaired) electrons. The van der Waals surface area contributed by atoms with Gasteiger partial charge in [-0.2, -0.15) is 0 Å². The number of alkyl halides is 1. The second-order valence-corrected chi connectivity index (χ2v) is 6.07. The monoisotopic (exact) mass is 312 g/mol. The van der Waals surface area contributed by atoms with Crippen LogP contribution in [0.4, 0.5) is 0 Å². The highest BCUT2D eigenvalue weighted by Crippen LogP contribution is 2.39. The smallest absolute Gasteiger partial charge is 0.161 e. The highest BCUT2D eigenvalue weighted by Gasteiger charge is 2.20. The lowest BCUT2D eigenvalue weighted by atomic mass is 9.98. The van der Waals surface area contributed by atoms with Crippen LogP contribution in [0.1, 0.15) is 42.5 Å². The zero-order valence-corrected chi connectivity index (χ0v) is 12.7. The second-order valence-electron chi connectivity index (χ2n) is 4.97. The Bertz CT molecular complexity index is 386. The lowest BCUT2D eigenvalue weighted by molar-refractivity contribution is 0.354. The first-order valence-electron chi connectivity index (χ1n) is 6.60. The SMILES string of the molecule is COc1ccc(C(Br)CC2CCCC2)cc1OC. The number of hydrogen-bond acceptors (Lipinski definition) is 2. The van der Waals surface area contributed by atoms with E-state index in [0.29, 0.717) is 4.83 Å². The first-order chi connectivity index (χ1) is 8.74. The molecule has 1 aromatic rings. The fourth-order valence-corrected chi connectivity index (χ4v) is 3.54. The first kappa shape index (κ1) is 13.7. The van der Waals surface area contributed by atoms with E-state index in [4.69, 9.17) is 9.47 Å². The van der Waals surface area contributed by atoms with Crippen LogP contribution in [0.5, 0.6) is 11.5 Å². The molecule has 100 valence electrons. The Balaban J connectivity index is 2.06. The van der Waals surface area contributed by atoms with Crippen LogP contribution in [-0.2, 0) is 0 Å². The van der Waals surface area contributed by atoms with Crippen molar-refractivity contribution in [1.82, 2.24) is 0 Å². The van der Waals surface area contributed by atoms with Crippen molar-refractivity contribution in [3.63, 3.8) is 0 Å². The summed E-state index contributed by atoms with van der Waals surface area (Å²) in [6, 6.07) is 6.18. The highest BCUT2D eigenvalue weighted by atomic mass is 79.9. The van der Waals surface area contributed by atoms with Crippen molar-refractivity contribution >= 4 is 15.9 Å². The van der Waals surface area contributed by atoms with E-state index >= 15 is 0 Å². The van der Waals surface area contributed by atoms with Gasteiger partial charge in [-0.05, 0) is 30.0 Å². The van der Waals surface area contributed by atoms with Gasteiger partial charge in [0, 0.05) is 4.83 Å². The molecule has 1 fully saturated rings. The van der Waals surface area contributed by atoms with Gasteiger partial charge in [-0.3, -0.25) is 0 Å². The summed E-state index contributed by atoms with van der Waals surface area (Å²) < 4.78 is 10.6. The maximum Gasteiger partial charge on any atom is 0.161 e. The van der Waals surface area contributed by atoms with Crippen LogP contribution in [-0.4, -0.2) is 14.2 Å². The number of methoxy groups -OCH3 is 2. The topological polar surface area (TPSA) is 18.5 Å². The molecule has 2 rings (SSSR count). The van der Waals surface area contributed by atoms with Crippen LogP contribution in [0.2, 0.25) is 0 Å². The highest BCUT2D eigenvalue weighted by molar-refractivity contribution is 9.09. The Morgan fingerprint density at radius 2 is 1.83 bits per heavy atom. The van der Waals surface area contributed by atoms with Gasteiger partial charge in [-0.25, -0.2) is 0 Å². The summed E-state index contributed by atoms with van der Waals surface area (Å²) in [5.41, 5.74) is 1.28. The third-order valence-electron chi connectivity index (χ3n) is 3.78. The molecule has 1 aromatic carbocycles. The summed E-state index contributed by atoms with van der Waals surface area (Å²) in [6.07, 6.45) is 6.78. The molecule has 0 N–H and O–H groups in total. The molecule has 1 aliphatic carbocycles. The number of hydrogen-bond donors (Lipinski definition) is 0. The average molecular weight is 313 g/mol. The van der Waals surface area contributed by atoms with Gasteiger partial charge in [0.15, 0.2) is 11.5 Å². The molecule has 3 heteroatoms. The van der Waals surface area contributed by atoms with Crippen molar-refractivity contribution in [1.29, 1.82) is 0 Å². The van der Waals surface area contributed by atoms with Gasteiger partial charge in [0.1, 0.15) is 0 Å². The lowest BCUT2D eigenvalue weighted by Gasteiger charge is -2.17. The van der Waals surface area contributed by atoms with Gasteiger partial charge in [-0.1, -0.05) is 47.7 Å². The third kappa shape index (κ3) is 3.19. The second kappa shape index (κ2) is 6.46. The van der Waals surface area contributed by atoms with Gasteiger partial charge >= 0.3 is 0 Å². The van der Waals surface area contributed by atoms with Crippen LogP contribution in [0.3, 0.4) is 0 Å². The fourth-order valence-electron chi connectivity index (χ4n) is 2.72. The van der Waals surface area contributed by atoms with Crippen molar-refractivity contribution in [3.05, 3.63) is 23.8 Å². The largest absolute Gasteiger partial charge is 0.493 e. The molecule has 1 saturated carbocycles. The van der Waals surface area contributed by atoms with Gasteiger partial charge < -0.3 is 9.47 Å². The zero-order chi connectivity index (χ0) is 13.0. The van der Waals surface area contributed by atoms with Crippen LogP contribution >= 0.6 is 15.9 Å². The molecule has 0 amide bonds. The molecular weight excluding hydrogens is 292 g/mol. The van der Waals surface area contributed by atoms with Gasteiger partial charge in [0.05, 0.1) is 14.2 Å². The molecule has 0 heterocycles. The Morgan fingerprint density at radius 1 is 1.17 bits per heavy atom. The molecule has 1 aliphatic rings. The van der Waals surface area contributed by atoms with E-state index in [2.05, 4.69) is 28.1 Å². The van der Waals surface area contributed by atoms with Gasteiger partial charge in [0.25, 0.3) is 0 Å². The van der Waals surface area contributed by atoms with Crippen LogP contribution in [0.25, 0.3) is 0 Å². The Morgan fingerprint density at radius 3 is 2.44 bits per heavy atom. The minimum atomic E-state index is 0.417. The summed E-state index contributed by atoms with van der Waals surface area (Å²) in [7, 11) is 3.35. The molecule has 0 spiro atoms. The molecular formula is C15H21BrO2. The van der Waals surface area contributed by atoms with Gasteiger partial charge in [0.2, 0.25) is 0 Å². The molecule has 18 heavy (non-hydrogen) atoms. The summed E-state index contributed by atoms with van der Waals surface area (Å²) in [5, 5.41) is 0. The molecule has 1 unspecified atom stereocenters. The number of benzene rings is 1. The minimum Gasteiger partial charge on any atom is -0.493 e. The lowest BCUT2D eigenvalue weighted by Crippen LogP contribution is -2.00. The maximum atomic E-state index is 5.35. The van der Waals surface area contributed by atoms with E-state index in [1.807, 2.05) is 6.07 Å². The molecule has 2 nitrogen and oxygen atoms in total. The summed E-state index contributed by atoms with van der Waals surface area (Å²) in [4.78, 5) is 0.417. The van der Waals surface area contributed by atoms with E-state index in [1.54, 1.807) is 14.2 Å². The number of ether oxygens (including phenoxy) is 2. The molecule has 0 aromatic heterocycles. The predicted octanol–water partition coefficient (Wildman–Crippen LogP) is 4.72. The predicted molar refractivity (Wildman–Crippen MR) is 77.8 cm³/mol. The van der Waals surface area contributed by atoms with E-state index in [9.17, 15) is 0 Å². The Kier molecular flexibility index (Phi) is 4.93. The number of halogens is 1. The molecule has 1 atom stereocenters. The van der Waals surface area contributed by atoms with Crippen molar-refractivity contribution in [2.45, 2.75) is 36.9 Å². The van der Waals surface area contributed by atoms with Crippen LogP contribution in [0, 0.1) is 5.92 Å². The summed E-state index contributed by atoms with van der Waals surface area (Å²) in [6.45, 7) is 0. The van der Waals surface area contributed by atoms with Crippen molar-refractivity contribution in [2.24, 2.45) is 5.92 Å². The summed E-state index contributed by atoms with van der Waals surface area (Å²) in [5.74, 6) is 2.48. The Hall–Kier alpha value is -0.700. The Labute approximate surface area is 118 Å². The van der Waals surface area contributed by atoms with Crippen molar-refractivity contribution in [3.8, 4) is 11.5 Å². The van der Waals surface area contributed by atoms with Crippen LogP contribution < -0.4 is 9.47 Å². The fraction of sp³-hybridized carbons (Fsp3) is 0.600. The van der Waals surface area contributed by atoms with Crippen LogP contribution in [0.15, 0.2) is 18.2 Å². The molecule has 0 aliphatic heterocycles. The zero-order valence-electron chi connectivity index (χ0n) is 11.1. The maximum absolute atomic E-state index is 5.35. The quantitative estimate of drug-likeness (QED) is 0.732. The van der Waals surface area contributed by atoms with E-state index in [0.717, 1.165) is 17.4 Å². The summed E-state index contributed by atoms with van der Waals surface area (Å²) >= 11 is 3.81.